The minimum Gasteiger partial charge on any atom is -0.458 e. The lowest BCUT2D eigenvalue weighted by atomic mass is 10.1. The molecule has 1 N–H and O–H groups in total. The maximum absolute atomic E-state index is 12.7. The van der Waals surface area contributed by atoms with E-state index in [0.29, 0.717) is 16.7 Å². The number of carbonyl (C=O) groups excluding carboxylic acids is 3. The van der Waals surface area contributed by atoms with Crippen molar-refractivity contribution < 1.29 is 38.4 Å². The molecule has 3 aromatic carbocycles. The Morgan fingerprint density at radius 2 is 1.28 bits per heavy atom. The van der Waals surface area contributed by atoms with Crippen LogP contribution in [0.5, 0.6) is 0 Å². The van der Waals surface area contributed by atoms with Gasteiger partial charge in [0.25, 0.3) is 0 Å². The molecular weight excluding hydrogens is 464 g/mol. The van der Waals surface area contributed by atoms with E-state index in [4.69, 9.17) is 18.9 Å². The SMILES string of the molecule is O=C(OC[C@H](C[C@H]1C[C@@H](OC(=O)c2ccccc2)C(O)O1)OC(=O)c1ccccc1)c1ccccc1. The number of hydrogen-bond donors (Lipinski definition) is 1. The average Bonchev–Trinajstić information content (AvgIpc) is 3.26. The first kappa shape index (κ1) is 25.1. The average molecular weight is 491 g/mol. The van der Waals surface area contributed by atoms with Crippen molar-refractivity contribution in [2.24, 2.45) is 0 Å². The number of esters is 3. The molecular formula is C28H26O8. The van der Waals surface area contributed by atoms with Crippen molar-refractivity contribution in [2.45, 2.75) is 37.4 Å². The van der Waals surface area contributed by atoms with E-state index in [1.54, 1.807) is 91.0 Å². The van der Waals surface area contributed by atoms with Crippen LogP contribution in [0, 0.1) is 0 Å². The Kier molecular flexibility index (Phi) is 8.44. The van der Waals surface area contributed by atoms with Gasteiger partial charge in [0.1, 0.15) is 12.7 Å². The van der Waals surface area contributed by atoms with Gasteiger partial charge in [-0.1, -0.05) is 54.6 Å². The summed E-state index contributed by atoms with van der Waals surface area (Å²) < 4.78 is 22.0. The molecule has 8 nitrogen and oxygen atoms in total. The van der Waals surface area contributed by atoms with Gasteiger partial charge < -0.3 is 24.1 Å². The van der Waals surface area contributed by atoms with Gasteiger partial charge in [0.15, 0.2) is 12.4 Å². The van der Waals surface area contributed by atoms with Crippen molar-refractivity contribution in [3.63, 3.8) is 0 Å². The minimum absolute atomic E-state index is 0.122. The number of hydrogen-bond acceptors (Lipinski definition) is 8. The standard InChI is InChI=1S/C28H26O8/c29-25(19-10-4-1-5-11-19)33-18-23(35-26(30)20-12-6-2-7-13-20)16-22-17-24(28(32)34-22)36-27(31)21-14-8-3-9-15-21/h1-15,22-24,28,32H,16-18H2/t22-,23-,24+,28?/m0/s1. The van der Waals surface area contributed by atoms with Gasteiger partial charge in [-0.05, 0) is 36.4 Å². The lowest BCUT2D eigenvalue weighted by Gasteiger charge is -2.21. The van der Waals surface area contributed by atoms with Crippen LogP contribution < -0.4 is 0 Å². The third-order valence-electron chi connectivity index (χ3n) is 5.63. The van der Waals surface area contributed by atoms with Gasteiger partial charge in [0.05, 0.1) is 22.8 Å². The predicted molar refractivity (Wildman–Crippen MR) is 128 cm³/mol. The monoisotopic (exact) mass is 490 g/mol. The van der Waals surface area contributed by atoms with E-state index in [2.05, 4.69) is 0 Å². The van der Waals surface area contributed by atoms with Crippen molar-refractivity contribution in [3.8, 4) is 0 Å². The van der Waals surface area contributed by atoms with Crippen molar-refractivity contribution in [1.29, 1.82) is 0 Å². The molecule has 1 aliphatic heterocycles. The van der Waals surface area contributed by atoms with Crippen LogP contribution in [0.2, 0.25) is 0 Å². The Hall–Kier alpha value is -4.01. The fourth-order valence-corrected chi connectivity index (χ4v) is 3.82. The lowest BCUT2D eigenvalue weighted by Crippen LogP contribution is -2.29. The molecule has 1 saturated heterocycles. The molecule has 36 heavy (non-hydrogen) atoms. The second kappa shape index (κ2) is 12.1. The van der Waals surface area contributed by atoms with E-state index in [0.717, 1.165) is 0 Å². The van der Waals surface area contributed by atoms with Crippen LogP contribution in [0.25, 0.3) is 0 Å². The Bertz CT molecular complexity index is 1150. The number of aliphatic hydroxyl groups is 1. The molecule has 3 aromatic rings. The topological polar surface area (TPSA) is 108 Å². The molecule has 1 aliphatic rings. The molecule has 0 radical (unpaired) electrons. The van der Waals surface area contributed by atoms with Crippen LogP contribution >= 0.6 is 0 Å². The lowest BCUT2D eigenvalue weighted by molar-refractivity contribution is -0.135. The maximum atomic E-state index is 12.7. The zero-order valence-corrected chi connectivity index (χ0v) is 19.4. The largest absolute Gasteiger partial charge is 0.458 e. The van der Waals surface area contributed by atoms with Crippen molar-refractivity contribution >= 4 is 17.9 Å². The summed E-state index contributed by atoms with van der Waals surface area (Å²) in [5.41, 5.74) is 1.07. The molecule has 1 heterocycles. The fourth-order valence-electron chi connectivity index (χ4n) is 3.82. The molecule has 1 unspecified atom stereocenters. The summed E-state index contributed by atoms with van der Waals surface area (Å²) in [7, 11) is 0. The summed E-state index contributed by atoms with van der Waals surface area (Å²) in [6.45, 7) is -0.212. The van der Waals surface area contributed by atoms with E-state index in [-0.39, 0.29) is 19.4 Å². The maximum Gasteiger partial charge on any atom is 0.338 e. The Labute approximate surface area is 208 Å². The second-order valence-corrected chi connectivity index (χ2v) is 8.29. The molecule has 0 amide bonds. The molecule has 0 bridgehead atoms. The smallest absolute Gasteiger partial charge is 0.338 e. The molecule has 4 atom stereocenters. The highest BCUT2D eigenvalue weighted by molar-refractivity contribution is 5.90. The van der Waals surface area contributed by atoms with E-state index in [9.17, 15) is 19.5 Å². The van der Waals surface area contributed by atoms with Crippen molar-refractivity contribution in [3.05, 3.63) is 108 Å². The second-order valence-electron chi connectivity index (χ2n) is 8.29. The highest BCUT2D eigenvalue weighted by Crippen LogP contribution is 2.27. The van der Waals surface area contributed by atoms with Crippen LogP contribution in [0.15, 0.2) is 91.0 Å². The van der Waals surface area contributed by atoms with Gasteiger partial charge in [-0.15, -0.1) is 0 Å². The first-order valence-electron chi connectivity index (χ1n) is 11.6. The first-order chi connectivity index (χ1) is 17.5. The molecule has 186 valence electrons. The van der Waals surface area contributed by atoms with Gasteiger partial charge in [-0.25, -0.2) is 14.4 Å². The molecule has 0 aromatic heterocycles. The Balaban J connectivity index is 1.39. The van der Waals surface area contributed by atoms with Crippen molar-refractivity contribution in [1.82, 2.24) is 0 Å². The number of aliphatic hydroxyl groups excluding tert-OH is 1. The van der Waals surface area contributed by atoms with Gasteiger partial charge in [-0.3, -0.25) is 0 Å². The number of benzene rings is 3. The Morgan fingerprint density at radius 1 is 0.778 bits per heavy atom. The van der Waals surface area contributed by atoms with Gasteiger partial charge in [-0.2, -0.15) is 0 Å². The van der Waals surface area contributed by atoms with Crippen LogP contribution in [0.3, 0.4) is 0 Å². The van der Waals surface area contributed by atoms with Crippen LogP contribution in [-0.4, -0.2) is 54.2 Å². The number of rotatable bonds is 9. The first-order valence-corrected chi connectivity index (χ1v) is 11.6. The molecule has 0 spiro atoms. The zero-order chi connectivity index (χ0) is 25.3. The summed E-state index contributed by atoms with van der Waals surface area (Å²) in [5, 5.41) is 10.3. The summed E-state index contributed by atoms with van der Waals surface area (Å²) in [4.78, 5) is 37.4. The van der Waals surface area contributed by atoms with Gasteiger partial charge in [0.2, 0.25) is 0 Å². The molecule has 4 rings (SSSR count). The molecule has 0 saturated carbocycles. The van der Waals surface area contributed by atoms with E-state index < -0.39 is 42.5 Å². The van der Waals surface area contributed by atoms with Gasteiger partial charge in [0, 0.05) is 12.8 Å². The summed E-state index contributed by atoms with van der Waals surface area (Å²) in [6, 6.07) is 25.3. The normalized spacial score (nSPS) is 19.8. The predicted octanol–water partition coefficient (Wildman–Crippen LogP) is 3.79. The highest BCUT2D eigenvalue weighted by atomic mass is 16.7. The Morgan fingerprint density at radius 3 is 1.83 bits per heavy atom. The van der Waals surface area contributed by atoms with Crippen LogP contribution in [0.1, 0.15) is 43.9 Å². The van der Waals surface area contributed by atoms with E-state index in [1.807, 2.05) is 0 Å². The molecule has 1 fully saturated rings. The van der Waals surface area contributed by atoms with E-state index >= 15 is 0 Å². The van der Waals surface area contributed by atoms with Crippen molar-refractivity contribution in [2.75, 3.05) is 6.61 Å². The zero-order valence-electron chi connectivity index (χ0n) is 19.4. The summed E-state index contributed by atoms with van der Waals surface area (Å²) in [6.07, 6.45) is -3.37. The quantitative estimate of drug-likeness (QED) is 0.357. The van der Waals surface area contributed by atoms with Crippen LogP contribution in [0.4, 0.5) is 0 Å². The fraction of sp³-hybridized carbons (Fsp3) is 0.250. The van der Waals surface area contributed by atoms with Crippen LogP contribution in [-0.2, 0) is 18.9 Å². The van der Waals surface area contributed by atoms with Gasteiger partial charge >= 0.3 is 17.9 Å². The number of ether oxygens (including phenoxy) is 4. The third kappa shape index (κ3) is 6.78. The summed E-state index contributed by atoms with van der Waals surface area (Å²) >= 11 is 0. The molecule has 8 heteroatoms. The third-order valence-corrected chi connectivity index (χ3v) is 5.63. The molecule has 0 aliphatic carbocycles. The number of carbonyl (C=O) groups is 3. The minimum atomic E-state index is -1.33. The highest BCUT2D eigenvalue weighted by Gasteiger charge is 2.39. The summed E-state index contributed by atoms with van der Waals surface area (Å²) in [5.74, 6) is -1.71. The van der Waals surface area contributed by atoms with E-state index in [1.165, 1.54) is 0 Å².